The molecule has 0 saturated heterocycles. The van der Waals surface area contributed by atoms with Gasteiger partial charge in [0.25, 0.3) is 5.91 Å². The summed E-state index contributed by atoms with van der Waals surface area (Å²) in [6.45, 7) is 5.38. The van der Waals surface area contributed by atoms with Gasteiger partial charge in [-0.1, -0.05) is 6.07 Å². The molecule has 118 valence electrons. The summed E-state index contributed by atoms with van der Waals surface area (Å²) in [4.78, 5) is 24.0. The Morgan fingerprint density at radius 1 is 1.22 bits per heavy atom. The zero-order valence-corrected chi connectivity index (χ0v) is 13.3. The zero-order valence-electron chi connectivity index (χ0n) is 13.3. The lowest BCUT2D eigenvalue weighted by atomic mass is 10.1. The first-order chi connectivity index (χ1) is 10.9. The predicted octanol–water partition coefficient (Wildman–Crippen LogP) is 3.12. The van der Waals surface area contributed by atoms with Gasteiger partial charge in [-0.3, -0.25) is 10.1 Å². The van der Waals surface area contributed by atoms with E-state index in [1.807, 2.05) is 26.0 Å². The average Bonchev–Trinajstić information content (AvgIpc) is 2.84. The standard InChI is InChI=1S/C17H16N2O4/c1-9-5-6-12(7-10(9)2)15(20)19-16-13(8-18)14(11(3)23-16)17(21)22-4/h5-7H,1-4H3,(H,19,20). The van der Waals surface area contributed by atoms with E-state index in [4.69, 9.17) is 4.42 Å². The summed E-state index contributed by atoms with van der Waals surface area (Å²) in [6.07, 6.45) is 0. The van der Waals surface area contributed by atoms with Crippen molar-refractivity contribution in [2.75, 3.05) is 12.4 Å². The second kappa shape index (κ2) is 6.36. The molecule has 0 aliphatic heterocycles. The smallest absolute Gasteiger partial charge is 0.342 e. The molecule has 0 bridgehead atoms. The summed E-state index contributed by atoms with van der Waals surface area (Å²) >= 11 is 0. The van der Waals surface area contributed by atoms with Crippen LogP contribution in [-0.4, -0.2) is 19.0 Å². The van der Waals surface area contributed by atoms with Crippen molar-refractivity contribution in [1.29, 1.82) is 5.26 Å². The highest BCUT2D eigenvalue weighted by molar-refractivity contribution is 6.05. The maximum atomic E-state index is 12.3. The van der Waals surface area contributed by atoms with Gasteiger partial charge < -0.3 is 9.15 Å². The molecule has 1 amide bonds. The van der Waals surface area contributed by atoms with Gasteiger partial charge in [0.1, 0.15) is 23.0 Å². The number of anilines is 1. The van der Waals surface area contributed by atoms with E-state index < -0.39 is 11.9 Å². The summed E-state index contributed by atoms with van der Waals surface area (Å²) in [6, 6.07) is 7.13. The van der Waals surface area contributed by atoms with Crippen LogP contribution in [0.5, 0.6) is 0 Å². The number of ether oxygens (including phenoxy) is 1. The monoisotopic (exact) mass is 312 g/mol. The summed E-state index contributed by atoms with van der Waals surface area (Å²) in [7, 11) is 1.21. The van der Waals surface area contributed by atoms with Crippen LogP contribution in [0.1, 0.15) is 43.2 Å². The van der Waals surface area contributed by atoms with Crippen LogP contribution >= 0.6 is 0 Å². The van der Waals surface area contributed by atoms with Gasteiger partial charge in [-0.2, -0.15) is 5.26 Å². The van der Waals surface area contributed by atoms with Gasteiger partial charge in [0.05, 0.1) is 7.11 Å². The van der Waals surface area contributed by atoms with Crippen molar-refractivity contribution in [1.82, 2.24) is 0 Å². The molecule has 0 aliphatic carbocycles. The number of carbonyl (C=O) groups is 2. The highest BCUT2D eigenvalue weighted by atomic mass is 16.5. The van der Waals surface area contributed by atoms with Gasteiger partial charge in [0, 0.05) is 5.56 Å². The molecule has 0 radical (unpaired) electrons. The third-order valence-corrected chi connectivity index (χ3v) is 3.58. The quantitative estimate of drug-likeness (QED) is 0.879. The molecule has 23 heavy (non-hydrogen) atoms. The topological polar surface area (TPSA) is 92.3 Å². The van der Waals surface area contributed by atoms with Gasteiger partial charge in [0.2, 0.25) is 5.88 Å². The van der Waals surface area contributed by atoms with Crippen molar-refractivity contribution in [3.05, 3.63) is 51.8 Å². The number of benzene rings is 1. The number of carbonyl (C=O) groups excluding carboxylic acids is 2. The number of amides is 1. The molecule has 0 unspecified atom stereocenters. The lowest BCUT2D eigenvalue weighted by Crippen LogP contribution is -2.13. The normalized spacial score (nSPS) is 10.0. The Bertz CT molecular complexity index is 828. The second-order valence-corrected chi connectivity index (χ2v) is 5.09. The molecule has 1 N–H and O–H groups in total. The fraction of sp³-hybridized carbons (Fsp3) is 0.235. The van der Waals surface area contributed by atoms with Crippen molar-refractivity contribution in [2.24, 2.45) is 0 Å². The van der Waals surface area contributed by atoms with Crippen LogP contribution in [-0.2, 0) is 4.74 Å². The number of hydrogen-bond acceptors (Lipinski definition) is 5. The van der Waals surface area contributed by atoms with Crippen LogP contribution in [0.2, 0.25) is 0 Å². The molecule has 2 aromatic rings. The lowest BCUT2D eigenvalue weighted by molar-refractivity contribution is 0.0598. The van der Waals surface area contributed by atoms with E-state index in [9.17, 15) is 14.9 Å². The average molecular weight is 312 g/mol. The largest absolute Gasteiger partial charge is 0.465 e. The zero-order chi connectivity index (χ0) is 17.1. The number of hydrogen-bond donors (Lipinski definition) is 1. The summed E-state index contributed by atoms with van der Waals surface area (Å²) in [5, 5.41) is 11.8. The van der Waals surface area contributed by atoms with Crippen LogP contribution < -0.4 is 5.32 Å². The van der Waals surface area contributed by atoms with Gasteiger partial charge >= 0.3 is 5.97 Å². The molecule has 2 rings (SSSR count). The minimum absolute atomic E-state index is 0.0189. The number of nitrogens with one attached hydrogen (secondary N) is 1. The number of methoxy groups -OCH3 is 1. The maximum absolute atomic E-state index is 12.3. The number of nitriles is 1. The lowest BCUT2D eigenvalue weighted by Gasteiger charge is -2.05. The molecular weight excluding hydrogens is 296 g/mol. The Labute approximate surface area is 133 Å². The molecule has 6 heteroatoms. The number of furan rings is 1. The van der Waals surface area contributed by atoms with Crippen LogP contribution in [0.4, 0.5) is 5.88 Å². The first-order valence-corrected chi connectivity index (χ1v) is 6.89. The molecule has 0 saturated carbocycles. The van der Waals surface area contributed by atoms with Crippen molar-refractivity contribution in [2.45, 2.75) is 20.8 Å². The van der Waals surface area contributed by atoms with Crippen LogP contribution in [0.25, 0.3) is 0 Å². The van der Waals surface area contributed by atoms with Crippen LogP contribution in [0.15, 0.2) is 22.6 Å². The molecular formula is C17H16N2O4. The van der Waals surface area contributed by atoms with E-state index in [0.29, 0.717) is 5.56 Å². The van der Waals surface area contributed by atoms with E-state index >= 15 is 0 Å². The van der Waals surface area contributed by atoms with Gasteiger partial charge in [-0.25, -0.2) is 4.79 Å². The molecule has 6 nitrogen and oxygen atoms in total. The third-order valence-electron chi connectivity index (χ3n) is 3.58. The molecule has 1 aromatic carbocycles. The summed E-state index contributed by atoms with van der Waals surface area (Å²) < 4.78 is 9.98. The van der Waals surface area contributed by atoms with Crippen molar-refractivity contribution < 1.29 is 18.7 Å². The number of nitrogens with zero attached hydrogens (tertiary/aromatic N) is 1. The summed E-state index contributed by atoms with van der Waals surface area (Å²) in [5.74, 6) is -0.957. The molecule has 0 atom stereocenters. The van der Waals surface area contributed by atoms with Gasteiger partial charge in [-0.15, -0.1) is 0 Å². The van der Waals surface area contributed by atoms with Crippen molar-refractivity contribution in [3.63, 3.8) is 0 Å². The van der Waals surface area contributed by atoms with Crippen LogP contribution in [0.3, 0.4) is 0 Å². The Morgan fingerprint density at radius 2 is 1.91 bits per heavy atom. The Hall–Kier alpha value is -3.07. The highest BCUT2D eigenvalue weighted by Crippen LogP contribution is 2.27. The number of esters is 1. The third kappa shape index (κ3) is 3.09. The fourth-order valence-corrected chi connectivity index (χ4v) is 2.15. The highest BCUT2D eigenvalue weighted by Gasteiger charge is 2.25. The maximum Gasteiger partial charge on any atom is 0.342 e. The first-order valence-electron chi connectivity index (χ1n) is 6.89. The first kappa shape index (κ1) is 16.3. The van der Waals surface area contributed by atoms with E-state index in [-0.39, 0.29) is 22.8 Å². The summed E-state index contributed by atoms with van der Waals surface area (Å²) in [5.41, 5.74) is 2.45. The molecule has 0 aliphatic rings. The number of aryl methyl sites for hydroxylation is 3. The van der Waals surface area contributed by atoms with E-state index in [0.717, 1.165) is 11.1 Å². The van der Waals surface area contributed by atoms with Gasteiger partial charge in [0.15, 0.2) is 0 Å². The SMILES string of the molecule is COC(=O)c1c(C)oc(NC(=O)c2ccc(C)c(C)c2)c1C#N. The predicted molar refractivity (Wildman–Crippen MR) is 83.4 cm³/mol. The Kier molecular flexibility index (Phi) is 4.51. The second-order valence-electron chi connectivity index (χ2n) is 5.09. The Morgan fingerprint density at radius 3 is 2.48 bits per heavy atom. The Balaban J connectivity index is 2.37. The molecule has 0 spiro atoms. The molecule has 1 aromatic heterocycles. The fourth-order valence-electron chi connectivity index (χ4n) is 2.15. The minimum atomic E-state index is -0.686. The molecule has 0 fully saturated rings. The minimum Gasteiger partial charge on any atom is -0.465 e. The van der Waals surface area contributed by atoms with Gasteiger partial charge in [-0.05, 0) is 44.0 Å². The van der Waals surface area contributed by atoms with E-state index in [1.54, 1.807) is 12.1 Å². The van der Waals surface area contributed by atoms with E-state index in [2.05, 4.69) is 10.1 Å². The van der Waals surface area contributed by atoms with E-state index in [1.165, 1.54) is 14.0 Å². The van der Waals surface area contributed by atoms with Crippen molar-refractivity contribution in [3.8, 4) is 6.07 Å². The van der Waals surface area contributed by atoms with Crippen LogP contribution in [0, 0.1) is 32.1 Å². The van der Waals surface area contributed by atoms with Crippen molar-refractivity contribution >= 4 is 17.8 Å². The molecule has 1 heterocycles. The number of rotatable bonds is 3.